The maximum absolute atomic E-state index is 12.8. The molecule has 29 heavy (non-hydrogen) atoms. The number of amides is 3. The second-order valence-corrected chi connectivity index (χ2v) is 6.38. The number of hydrogen-bond donors (Lipinski definition) is 2. The number of ether oxygens (including phenoxy) is 1. The molecule has 0 radical (unpaired) electrons. The number of carbonyl (C=O) groups is 4. The van der Waals surface area contributed by atoms with E-state index in [1.54, 1.807) is 30.3 Å². The Labute approximate surface area is 165 Å². The van der Waals surface area contributed by atoms with Crippen LogP contribution in [0.3, 0.4) is 0 Å². The average molecular weight is 399 g/mol. The first-order valence-corrected chi connectivity index (χ1v) is 8.81. The summed E-state index contributed by atoms with van der Waals surface area (Å²) < 4.78 is 17.8. The number of esters is 1. The van der Waals surface area contributed by atoms with Crippen LogP contribution >= 0.6 is 0 Å². The summed E-state index contributed by atoms with van der Waals surface area (Å²) in [6, 6.07) is 13.5. The Kier molecular flexibility index (Phi) is 6.18. The molecule has 0 aromatic heterocycles. The van der Waals surface area contributed by atoms with Gasteiger partial charge in [0.05, 0.1) is 12.5 Å². The van der Waals surface area contributed by atoms with Gasteiger partial charge in [-0.25, -0.2) is 4.39 Å². The number of hydrogen-bond acceptors (Lipinski definition) is 5. The fourth-order valence-electron chi connectivity index (χ4n) is 2.74. The maximum atomic E-state index is 12.8. The summed E-state index contributed by atoms with van der Waals surface area (Å²) in [5, 5.41) is 3.53. The van der Waals surface area contributed by atoms with Crippen LogP contribution in [-0.2, 0) is 19.1 Å². The molecule has 3 amide bonds. The van der Waals surface area contributed by atoms with Crippen molar-refractivity contribution < 1.29 is 28.3 Å². The highest BCUT2D eigenvalue weighted by atomic mass is 19.1. The van der Waals surface area contributed by atoms with Crippen molar-refractivity contribution in [1.29, 1.82) is 0 Å². The van der Waals surface area contributed by atoms with Crippen LogP contribution in [0.2, 0.25) is 0 Å². The van der Waals surface area contributed by atoms with Gasteiger partial charge in [-0.2, -0.15) is 0 Å². The van der Waals surface area contributed by atoms with E-state index >= 15 is 0 Å². The fourth-order valence-corrected chi connectivity index (χ4v) is 2.74. The Morgan fingerprint density at radius 1 is 1.07 bits per heavy atom. The summed E-state index contributed by atoms with van der Waals surface area (Å²) in [5.41, 5.74) is 3.20. The minimum Gasteiger partial charge on any atom is -0.455 e. The van der Waals surface area contributed by atoms with Crippen LogP contribution < -0.4 is 10.7 Å². The van der Waals surface area contributed by atoms with Crippen LogP contribution in [0.25, 0.3) is 0 Å². The molecule has 2 aromatic rings. The van der Waals surface area contributed by atoms with Crippen molar-refractivity contribution in [2.45, 2.75) is 6.42 Å². The second kappa shape index (κ2) is 8.96. The molecule has 0 unspecified atom stereocenters. The van der Waals surface area contributed by atoms with Gasteiger partial charge in [0.1, 0.15) is 5.82 Å². The van der Waals surface area contributed by atoms with Crippen molar-refractivity contribution in [3.63, 3.8) is 0 Å². The van der Waals surface area contributed by atoms with Crippen LogP contribution in [0.5, 0.6) is 0 Å². The molecule has 1 saturated heterocycles. The lowest BCUT2D eigenvalue weighted by Gasteiger charge is -2.17. The molecular formula is C20H18FN3O5. The van der Waals surface area contributed by atoms with E-state index in [9.17, 15) is 23.6 Å². The van der Waals surface area contributed by atoms with Crippen LogP contribution in [0.1, 0.15) is 16.8 Å². The fraction of sp³-hybridized carbons (Fsp3) is 0.200. The molecule has 8 nitrogen and oxygen atoms in total. The quantitative estimate of drug-likeness (QED) is 0.717. The number of rotatable bonds is 6. The largest absolute Gasteiger partial charge is 0.455 e. The number of halogens is 1. The van der Waals surface area contributed by atoms with Crippen molar-refractivity contribution >= 4 is 29.4 Å². The lowest BCUT2D eigenvalue weighted by Crippen LogP contribution is -2.43. The van der Waals surface area contributed by atoms with Crippen LogP contribution in [0, 0.1) is 11.7 Å². The summed E-state index contributed by atoms with van der Waals surface area (Å²) in [6.07, 6.45) is -0.131. The molecule has 3 rings (SSSR count). The average Bonchev–Trinajstić information content (AvgIpc) is 3.09. The highest BCUT2D eigenvalue weighted by Gasteiger charge is 2.36. The van der Waals surface area contributed by atoms with E-state index in [2.05, 4.69) is 10.7 Å². The number of carbonyl (C=O) groups excluding carboxylic acids is 4. The minimum absolute atomic E-state index is 0.0458. The van der Waals surface area contributed by atoms with E-state index in [0.29, 0.717) is 11.3 Å². The first kappa shape index (κ1) is 20.0. The first-order chi connectivity index (χ1) is 13.9. The van der Waals surface area contributed by atoms with E-state index in [-0.39, 0.29) is 13.0 Å². The predicted molar refractivity (Wildman–Crippen MR) is 99.7 cm³/mol. The van der Waals surface area contributed by atoms with Crippen molar-refractivity contribution in [3.8, 4) is 0 Å². The number of hydrazine groups is 1. The molecule has 1 aliphatic rings. The maximum Gasteiger partial charge on any atom is 0.311 e. The third kappa shape index (κ3) is 5.38. The molecule has 0 bridgehead atoms. The summed E-state index contributed by atoms with van der Waals surface area (Å²) >= 11 is 0. The monoisotopic (exact) mass is 399 g/mol. The van der Waals surface area contributed by atoms with Crippen molar-refractivity contribution in [3.05, 3.63) is 66.0 Å². The van der Waals surface area contributed by atoms with Crippen molar-refractivity contribution in [1.82, 2.24) is 10.4 Å². The Bertz CT molecular complexity index is 917. The standard InChI is InChI=1S/C20H18FN3O5/c21-15-6-8-16(9-7-15)22-17(25)12-29-20(28)14-10-18(26)24(11-14)23-19(27)13-4-2-1-3-5-13/h1-9,14H,10-12H2,(H,22,25)(H,23,27)/t14-/m0/s1. The van der Waals surface area contributed by atoms with Gasteiger partial charge in [-0.05, 0) is 36.4 Å². The number of nitrogens with zero attached hydrogens (tertiary/aromatic N) is 1. The van der Waals surface area contributed by atoms with Crippen molar-refractivity contribution in [2.24, 2.45) is 5.92 Å². The third-order valence-corrected chi connectivity index (χ3v) is 4.20. The minimum atomic E-state index is -0.794. The highest BCUT2D eigenvalue weighted by molar-refractivity contribution is 5.97. The molecular weight excluding hydrogens is 381 g/mol. The molecule has 1 aliphatic heterocycles. The molecule has 1 fully saturated rings. The molecule has 9 heteroatoms. The number of anilines is 1. The van der Waals surface area contributed by atoms with Gasteiger partial charge in [0.15, 0.2) is 6.61 Å². The highest BCUT2D eigenvalue weighted by Crippen LogP contribution is 2.18. The zero-order chi connectivity index (χ0) is 20.8. The van der Waals surface area contributed by atoms with E-state index in [1.165, 1.54) is 24.3 Å². The summed E-state index contributed by atoms with van der Waals surface area (Å²) in [5.74, 6) is -3.44. The van der Waals surface area contributed by atoms with Gasteiger partial charge in [0, 0.05) is 17.7 Å². The van der Waals surface area contributed by atoms with E-state index < -0.39 is 42.0 Å². The lowest BCUT2D eigenvalue weighted by atomic mass is 10.1. The number of benzene rings is 2. The van der Waals surface area contributed by atoms with Crippen molar-refractivity contribution in [2.75, 3.05) is 18.5 Å². The van der Waals surface area contributed by atoms with Gasteiger partial charge in [0.25, 0.3) is 11.8 Å². The van der Waals surface area contributed by atoms with Crippen LogP contribution in [-0.4, -0.2) is 41.9 Å². The van der Waals surface area contributed by atoms with Gasteiger partial charge in [0.2, 0.25) is 5.91 Å². The Morgan fingerprint density at radius 3 is 2.45 bits per heavy atom. The number of nitrogens with one attached hydrogen (secondary N) is 2. The zero-order valence-electron chi connectivity index (χ0n) is 15.3. The molecule has 0 saturated carbocycles. The van der Waals surface area contributed by atoms with Crippen LogP contribution in [0.15, 0.2) is 54.6 Å². The first-order valence-electron chi connectivity index (χ1n) is 8.81. The smallest absolute Gasteiger partial charge is 0.311 e. The molecule has 150 valence electrons. The SMILES string of the molecule is O=C(COC(=O)[C@H]1CC(=O)N(NC(=O)c2ccccc2)C1)Nc1ccc(F)cc1. The summed E-state index contributed by atoms with van der Waals surface area (Å²) in [6.45, 7) is -0.590. The topological polar surface area (TPSA) is 105 Å². The Morgan fingerprint density at radius 2 is 1.76 bits per heavy atom. The van der Waals surface area contributed by atoms with E-state index in [4.69, 9.17) is 4.74 Å². The Hall–Kier alpha value is -3.75. The molecule has 2 aromatic carbocycles. The zero-order valence-corrected chi connectivity index (χ0v) is 15.3. The normalized spacial score (nSPS) is 15.7. The van der Waals surface area contributed by atoms with Gasteiger partial charge in [-0.1, -0.05) is 18.2 Å². The molecule has 2 N–H and O–H groups in total. The van der Waals surface area contributed by atoms with E-state index in [0.717, 1.165) is 5.01 Å². The third-order valence-electron chi connectivity index (χ3n) is 4.20. The molecule has 0 spiro atoms. The van der Waals surface area contributed by atoms with Gasteiger partial charge in [-0.3, -0.25) is 29.6 Å². The summed E-state index contributed by atoms with van der Waals surface area (Å²) in [7, 11) is 0. The predicted octanol–water partition coefficient (Wildman–Crippen LogP) is 1.50. The van der Waals surface area contributed by atoms with Crippen LogP contribution in [0.4, 0.5) is 10.1 Å². The van der Waals surface area contributed by atoms with Gasteiger partial charge in [-0.15, -0.1) is 0 Å². The van der Waals surface area contributed by atoms with Gasteiger partial charge < -0.3 is 10.1 Å². The van der Waals surface area contributed by atoms with Gasteiger partial charge >= 0.3 is 5.97 Å². The summed E-state index contributed by atoms with van der Waals surface area (Å²) in [4.78, 5) is 48.2. The Balaban J connectivity index is 1.46. The molecule has 0 aliphatic carbocycles. The molecule has 1 heterocycles. The lowest BCUT2D eigenvalue weighted by molar-refractivity contribution is -0.151. The van der Waals surface area contributed by atoms with E-state index in [1.807, 2.05) is 0 Å². The second-order valence-electron chi connectivity index (χ2n) is 6.38. The molecule has 1 atom stereocenters.